The van der Waals surface area contributed by atoms with Crippen LogP contribution in [-0.2, 0) is 11.2 Å². The highest BCUT2D eigenvalue weighted by molar-refractivity contribution is 5.95. The number of hydrogen-bond donors (Lipinski definition) is 1. The molecule has 1 amide bonds. The highest BCUT2D eigenvalue weighted by Crippen LogP contribution is 2.22. The number of hydrogen-bond acceptors (Lipinski definition) is 3. The number of aromatic nitrogens is 1. The van der Waals surface area contributed by atoms with Crippen LogP contribution in [0.2, 0.25) is 0 Å². The van der Waals surface area contributed by atoms with Gasteiger partial charge in [0.25, 0.3) is 0 Å². The molecule has 0 aliphatic heterocycles. The molecule has 0 aliphatic carbocycles. The van der Waals surface area contributed by atoms with Crippen LogP contribution in [0.3, 0.4) is 0 Å². The summed E-state index contributed by atoms with van der Waals surface area (Å²) in [5.41, 5.74) is 2.51. The molecule has 0 bridgehead atoms. The van der Waals surface area contributed by atoms with Crippen LogP contribution in [0.15, 0.2) is 79.0 Å². The lowest BCUT2D eigenvalue weighted by Gasteiger charge is -2.17. The van der Waals surface area contributed by atoms with Crippen molar-refractivity contribution in [3.05, 3.63) is 95.7 Å². The number of carbonyl (C=O) groups excluding carboxylic acids is 1. The molecule has 2 aromatic carbocycles. The van der Waals surface area contributed by atoms with E-state index in [0.717, 1.165) is 11.1 Å². The van der Waals surface area contributed by atoms with Crippen LogP contribution in [0.25, 0.3) is 0 Å². The second-order valence-electron chi connectivity index (χ2n) is 5.69. The monoisotopic (exact) mass is 327 g/mol. The van der Waals surface area contributed by atoms with Crippen molar-refractivity contribution in [3.8, 4) is 6.07 Å². The molecular weight excluding hydrogens is 310 g/mol. The zero-order valence-corrected chi connectivity index (χ0v) is 13.6. The van der Waals surface area contributed by atoms with Crippen molar-refractivity contribution in [2.75, 3.05) is 5.32 Å². The molecule has 0 fully saturated rings. The normalized spacial score (nSPS) is 11.3. The number of rotatable bonds is 5. The lowest BCUT2D eigenvalue weighted by molar-refractivity contribution is -0.117. The molecule has 122 valence electrons. The molecule has 0 radical (unpaired) electrons. The Hall–Kier alpha value is -3.45. The summed E-state index contributed by atoms with van der Waals surface area (Å²) in [5, 5.41) is 11.7. The van der Waals surface area contributed by atoms with Crippen LogP contribution in [0.4, 0.5) is 5.82 Å². The van der Waals surface area contributed by atoms with Crippen LogP contribution < -0.4 is 5.32 Å². The van der Waals surface area contributed by atoms with E-state index in [1.165, 1.54) is 6.20 Å². The van der Waals surface area contributed by atoms with Gasteiger partial charge in [-0.2, -0.15) is 5.26 Å². The van der Waals surface area contributed by atoms with Crippen molar-refractivity contribution in [1.29, 1.82) is 5.26 Å². The van der Waals surface area contributed by atoms with Gasteiger partial charge in [0.2, 0.25) is 5.91 Å². The molecular formula is C21H17N3O. The lowest BCUT2D eigenvalue weighted by Crippen LogP contribution is -2.23. The van der Waals surface area contributed by atoms with Gasteiger partial charge in [-0.3, -0.25) is 4.79 Å². The second-order valence-corrected chi connectivity index (χ2v) is 5.69. The number of amides is 1. The fraction of sp³-hybridized carbons (Fsp3) is 0.0952. The number of pyridine rings is 1. The summed E-state index contributed by atoms with van der Waals surface area (Å²) in [6.07, 6.45) is 2.05. The summed E-state index contributed by atoms with van der Waals surface area (Å²) in [6, 6.07) is 24.9. The van der Waals surface area contributed by atoms with Gasteiger partial charge in [-0.25, -0.2) is 4.98 Å². The minimum Gasteiger partial charge on any atom is -0.310 e. The predicted molar refractivity (Wildman–Crippen MR) is 96.9 cm³/mol. The molecule has 3 aromatic rings. The van der Waals surface area contributed by atoms with E-state index in [0.29, 0.717) is 17.8 Å². The molecule has 1 N–H and O–H groups in total. The molecule has 1 heterocycles. The van der Waals surface area contributed by atoms with Gasteiger partial charge in [0.1, 0.15) is 11.9 Å². The Bertz CT molecular complexity index is 869. The van der Waals surface area contributed by atoms with Crippen molar-refractivity contribution < 1.29 is 4.79 Å². The van der Waals surface area contributed by atoms with Gasteiger partial charge in [0, 0.05) is 6.20 Å². The minimum absolute atomic E-state index is 0.118. The third kappa shape index (κ3) is 4.30. The van der Waals surface area contributed by atoms with Crippen molar-refractivity contribution >= 4 is 11.7 Å². The van der Waals surface area contributed by atoms with E-state index in [9.17, 15) is 4.79 Å². The van der Waals surface area contributed by atoms with Gasteiger partial charge in [-0.15, -0.1) is 0 Å². The second kappa shape index (κ2) is 7.89. The molecule has 3 rings (SSSR count). The van der Waals surface area contributed by atoms with Gasteiger partial charge in [-0.05, 0) is 29.7 Å². The summed E-state index contributed by atoms with van der Waals surface area (Å²) < 4.78 is 0. The summed E-state index contributed by atoms with van der Waals surface area (Å²) >= 11 is 0. The first-order chi connectivity index (χ1) is 12.3. The number of nitrogens with one attached hydrogen (secondary N) is 1. The quantitative estimate of drug-likeness (QED) is 0.772. The Morgan fingerprint density at radius 2 is 1.68 bits per heavy atom. The number of anilines is 1. The highest BCUT2D eigenvalue weighted by Gasteiger charge is 2.21. The molecule has 4 heteroatoms. The summed E-state index contributed by atoms with van der Waals surface area (Å²) in [6.45, 7) is 0. The van der Waals surface area contributed by atoms with Gasteiger partial charge in [-0.1, -0.05) is 60.7 Å². The summed E-state index contributed by atoms with van der Waals surface area (Å²) in [4.78, 5) is 17.0. The number of nitriles is 1. The van der Waals surface area contributed by atoms with Gasteiger partial charge >= 0.3 is 0 Å². The van der Waals surface area contributed by atoms with Crippen LogP contribution in [-0.4, -0.2) is 10.9 Å². The Kier molecular flexibility index (Phi) is 5.18. The van der Waals surface area contributed by atoms with E-state index in [1.54, 1.807) is 12.1 Å². The molecule has 1 atom stereocenters. The molecule has 25 heavy (non-hydrogen) atoms. The maximum absolute atomic E-state index is 12.9. The van der Waals surface area contributed by atoms with E-state index in [1.807, 2.05) is 66.7 Å². The van der Waals surface area contributed by atoms with E-state index in [2.05, 4.69) is 10.3 Å². The van der Waals surface area contributed by atoms with Crippen LogP contribution in [0.1, 0.15) is 22.6 Å². The van der Waals surface area contributed by atoms with E-state index >= 15 is 0 Å². The van der Waals surface area contributed by atoms with Crippen LogP contribution in [0.5, 0.6) is 0 Å². The molecule has 0 saturated carbocycles. The number of benzene rings is 2. The highest BCUT2D eigenvalue weighted by atomic mass is 16.1. The first-order valence-electron chi connectivity index (χ1n) is 8.02. The molecule has 0 aliphatic rings. The largest absolute Gasteiger partial charge is 0.310 e. The Morgan fingerprint density at radius 3 is 2.28 bits per heavy atom. The summed E-state index contributed by atoms with van der Waals surface area (Å²) in [5.74, 6) is 0.00583. The van der Waals surface area contributed by atoms with Crippen LogP contribution in [0, 0.1) is 11.3 Å². The fourth-order valence-electron chi connectivity index (χ4n) is 2.64. The van der Waals surface area contributed by atoms with E-state index in [4.69, 9.17) is 5.26 Å². The molecule has 0 spiro atoms. The van der Waals surface area contributed by atoms with Crippen molar-refractivity contribution in [3.63, 3.8) is 0 Å². The first kappa shape index (κ1) is 16.4. The number of nitrogens with zero attached hydrogens (tertiary/aromatic N) is 2. The first-order valence-corrected chi connectivity index (χ1v) is 8.02. The Labute approximate surface area is 146 Å². The Balaban J connectivity index is 1.82. The van der Waals surface area contributed by atoms with E-state index in [-0.39, 0.29) is 11.8 Å². The summed E-state index contributed by atoms with van der Waals surface area (Å²) in [7, 11) is 0. The molecule has 0 saturated heterocycles. The van der Waals surface area contributed by atoms with Crippen LogP contribution >= 0.6 is 0 Å². The molecule has 4 nitrogen and oxygen atoms in total. The molecule has 1 unspecified atom stereocenters. The zero-order valence-electron chi connectivity index (χ0n) is 13.6. The lowest BCUT2D eigenvalue weighted by atomic mass is 9.91. The predicted octanol–water partition coefficient (Wildman–Crippen LogP) is 3.92. The minimum atomic E-state index is -0.318. The average Bonchev–Trinajstić information content (AvgIpc) is 2.68. The number of carbonyl (C=O) groups is 1. The van der Waals surface area contributed by atoms with Crippen molar-refractivity contribution in [2.24, 2.45) is 0 Å². The standard InChI is InChI=1S/C21H17N3O/c22-14-17-11-12-20(23-15-17)24-21(25)19(18-9-5-2-6-10-18)13-16-7-3-1-4-8-16/h1-12,15,19H,13H2,(H,23,24,25). The molecule has 1 aromatic heterocycles. The third-order valence-electron chi connectivity index (χ3n) is 3.94. The Morgan fingerprint density at radius 1 is 1.00 bits per heavy atom. The van der Waals surface area contributed by atoms with Crippen molar-refractivity contribution in [2.45, 2.75) is 12.3 Å². The van der Waals surface area contributed by atoms with Gasteiger partial charge in [0.15, 0.2) is 0 Å². The third-order valence-corrected chi connectivity index (χ3v) is 3.94. The maximum Gasteiger partial charge on any atom is 0.233 e. The maximum atomic E-state index is 12.9. The zero-order chi connectivity index (χ0) is 17.5. The van der Waals surface area contributed by atoms with Gasteiger partial charge < -0.3 is 5.32 Å². The van der Waals surface area contributed by atoms with Gasteiger partial charge in [0.05, 0.1) is 11.5 Å². The van der Waals surface area contributed by atoms with E-state index < -0.39 is 0 Å². The fourth-order valence-corrected chi connectivity index (χ4v) is 2.64. The average molecular weight is 327 g/mol. The van der Waals surface area contributed by atoms with Crippen molar-refractivity contribution in [1.82, 2.24) is 4.98 Å². The SMILES string of the molecule is N#Cc1ccc(NC(=O)C(Cc2ccccc2)c2ccccc2)nc1. The topological polar surface area (TPSA) is 65.8 Å². The smallest absolute Gasteiger partial charge is 0.233 e.